The van der Waals surface area contributed by atoms with Gasteiger partial charge in [0.25, 0.3) is 5.91 Å². The van der Waals surface area contributed by atoms with Crippen LogP contribution < -0.4 is 5.32 Å². The predicted molar refractivity (Wildman–Crippen MR) is 83.9 cm³/mol. The minimum atomic E-state index is -4.39. The monoisotopic (exact) mass is 371 g/mol. The zero-order chi connectivity index (χ0) is 17.2. The van der Waals surface area contributed by atoms with Gasteiger partial charge in [0.2, 0.25) is 5.89 Å². The molecule has 0 fully saturated rings. The number of rotatable bonds is 4. The van der Waals surface area contributed by atoms with Crippen LogP contribution >= 0.6 is 23.1 Å². The van der Waals surface area contributed by atoms with Crippen LogP contribution in [0.1, 0.15) is 9.67 Å². The number of nitrogens with one attached hydrogen (secondary N) is 1. The molecule has 0 atom stereocenters. The van der Waals surface area contributed by atoms with Crippen LogP contribution in [0.3, 0.4) is 0 Å². The molecule has 2 aromatic heterocycles. The quantitative estimate of drug-likeness (QED) is 0.676. The van der Waals surface area contributed by atoms with Crippen molar-refractivity contribution in [3.05, 3.63) is 47.3 Å². The molecule has 0 unspecified atom stereocenters. The Morgan fingerprint density at radius 2 is 1.88 bits per heavy atom. The second-order valence-corrected chi connectivity index (χ2v) is 6.85. The summed E-state index contributed by atoms with van der Waals surface area (Å²) in [5.74, 6) is -0.386. The van der Waals surface area contributed by atoms with Crippen molar-refractivity contribution in [2.75, 3.05) is 5.32 Å². The summed E-state index contributed by atoms with van der Waals surface area (Å²) in [7, 11) is 0. The lowest BCUT2D eigenvalue weighted by Crippen LogP contribution is -2.10. The lowest BCUT2D eigenvalue weighted by molar-refractivity contribution is -0.0327. The smallest absolute Gasteiger partial charge is 0.403 e. The minimum absolute atomic E-state index is 0.0249. The summed E-state index contributed by atoms with van der Waals surface area (Å²) >= 11 is 0.465. The van der Waals surface area contributed by atoms with Crippen molar-refractivity contribution in [1.82, 2.24) is 10.2 Å². The third-order valence-electron chi connectivity index (χ3n) is 2.69. The summed E-state index contributed by atoms with van der Waals surface area (Å²) < 4.78 is 42.2. The molecule has 1 amide bonds. The Hall–Kier alpha value is -2.33. The van der Waals surface area contributed by atoms with Gasteiger partial charge in [0, 0.05) is 5.56 Å². The fraction of sp³-hybridized carbons (Fsp3) is 0.0714. The van der Waals surface area contributed by atoms with E-state index in [9.17, 15) is 18.0 Å². The van der Waals surface area contributed by atoms with E-state index in [1.165, 1.54) is 12.1 Å². The zero-order valence-corrected chi connectivity index (χ0v) is 13.3. The van der Waals surface area contributed by atoms with E-state index in [2.05, 4.69) is 15.5 Å². The highest BCUT2D eigenvalue weighted by molar-refractivity contribution is 8.02. The van der Waals surface area contributed by atoms with E-state index in [1.54, 1.807) is 24.3 Å². The van der Waals surface area contributed by atoms with Gasteiger partial charge in [0.15, 0.2) is 0 Å². The average molecular weight is 371 g/mol. The first-order valence-electron chi connectivity index (χ1n) is 6.46. The number of benzene rings is 1. The van der Waals surface area contributed by atoms with Crippen LogP contribution in [0.15, 0.2) is 51.1 Å². The highest BCUT2D eigenvalue weighted by Crippen LogP contribution is 2.40. The van der Waals surface area contributed by atoms with Crippen LogP contribution in [0.25, 0.3) is 11.5 Å². The number of alkyl halides is 3. The lowest BCUT2D eigenvalue weighted by Gasteiger charge is -2.01. The summed E-state index contributed by atoms with van der Waals surface area (Å²) in [5, 5.41) is 9.87. The van der Waals surface area contributed by atoms with Gasteiger partial charge in [-0.1, -0.05) is 23.3 Å². The predicted octanol–water partition coefficient (Wildman–Crippen LogP) is 4.66. The number of amides is 1. The Morgan fingerprint density at radius 1 is 1.12 bits per heavy atom. The molecule has 0 aliphatic rings. The molecule has 0 saturated heterocycles. The van der Waals surface area contributed by atoms with Crippen LogP contribution in [0.2, 0.25) is 0 Å². The summed E-state index contributed by atoms with van der Waals surface area (Å²) in [6.07, 6.45) is 0. The Bertz CT molecular complexity index is 846. The molecule has 1 aromatic carbocycles. The fourth-order valence-electron chi connectivity index (χ4n) is 1.74. The molecule has 3 rings (SSSR count). The third-order valence-corrected chi connectivity index (χ3v) is 4.64. The van der Waals surface area contributed by atoms with Crippen LogP contribution in [-0.4, -0.2) is 21.6 Å². The third kappa shape index (κ3) is 4.15. The van der Waals surface area contributed by atoms with Crippen LogP contribution in [0.4, 0.5) is 19.2 Å². The molecular formula is C14H8F3N3O2S2. The van der Waals surface area contributed by atoms with Gasteiger partial charge < -0.3 is 4.42 Å². The Morgan fingerprint density at radius 3 is 2.58 bits per heavy atom. The average Bonchev–Trinajstić information content (AvgIpc) is 3.16. The first-order chi connectivity index (χ1) is 11.4. The van der Waals surface area contributed by atoms with Gasteiger partial charge >= 0.3 is 11.5 Å². The van der Waals surface area contributed by atoms with E-state index in [4.69, 9.17) is 4.42 Å². The molecule has 1 N–H and O–H groups in total. The normalized spacial score (nSPS) is 11.5. The van der Waals surface area contributed by atoms with Crippen LogP contribution in [0.5, 0.6) is 0 Å². The van der Waals surface area contributed by atoms with Gasteiger partial charge in [0.1, 0.15) is 0 Å². The van der Waals surface area contributed by atoms with Crippen LogP contribution in [-0.2, 0) is 0 Å². The fourth-order valence-corrected chi connectivity index (χ4v) is 3.46. The molecule has 0 saturated carbocycles. The van der Waals surface area contributed by atoms with E-state index in [-0.39, 0.29) is 32.8 Å². The van der Waals surface area contributed by atoms with Gasteiger partial charge in [-0.3, -0.25) is 10.1 Å². The number of carbonyl (C=O) groups excluding carboxylic acids is 1. The van der Waals surface area contributed by atoms with Gasteiger partial charge in [-0.05, 0) is 36.0 Å². The molecule has 10 heteroatoms. The topological polar surface area (TPSA) is 68.0 Å². The maximum absolute atomic E-state index is 12.3. The maximum atomic E-state index is 12.3. The molecule has 0 spiro atoms. The van der Waals surface area contributed by atoms with Gasteiger partial charge in [-0.25, -0.2) is 0 Å². The molecule has 0 radical (unpaired) electrons. The van der Waals surface area contributed by atoms with Gasteiger partial charge in [-0.15, -0.1) is 16.4 Å². The largest absolute Gasteiger partial charge is 0.447 e. The molecule has 0 aliphatic carbocycles. The molecule has 2 heterocycles. The van der Waals surface area contributed by atoms with E-state index in [0.29, 0.717) is 5.56 Å². The molecule has 5 nitrogen and oxygen atoms in total. The first kappa shape index (κ1) is 16.5. The summed E-state index contributed by atoms with van der Waals surface area (Å²) in [6.45, 7) is 0. The van der Waals surface area contributed by atoms with Crippen molar-refractivity contribution in [1.29, 1.82) is 0 Å². The number of anilines is 1. The van der Waals surface area contributed by atoms with E-state index in [0.717, 1.165) is 11.3 Å². The van der Waals surface area contributed by atoms with E-state index < -0.39 is 11.4 Å². The number of hydrogen-bond donors (Lipinski definition) is 1. The van der Waals surface area contributed by atoms with Crippen molar-refractivity contribution in [3.63, 3.8) is 0 Å². The number of aromatic nitrogens is 2. The Kier molecular flexibility index (Phi) is 4.58. The Balaban J connectivity index is 1.68. The molecular weight excluding hydrogens is 363 g/mol. The van der Waals surface area contributed by atoms with Crippen molar-refractivity contribution in [3.8, 4) is 11.5 Å². The van der Waals surface area contributed by atoms with Gasteiger partial charge in [0.05, 0.1) is 9.09 Å². The van der Waals surface area contributed by atoms with Crippen molar-refractivity contribution >= 4 is 35.0 Å². The van der Waals surface area contributed by atoms with E-state index in [1.807, 2.05) is 6.07 Å². The molecule has 3 aromatic rings. The maximum Gasteiger partial charge on any atom is 0.447 e. The molecule has 0 bridgehead atoms. The van der Waals surface area contributed by atoms with Crippen molar-refractivity contribution < 1.29 is 22.4 Å². The highest BCUT2D eigenvalue weighted by Gasteiger charge is 2.30. The summed E-state index contributed by atoms with van der Waals surface area (Å²) in [4.78, 5) is 12.1. The molecule has 0 aliphatic heterocycles. The minimum Gasteiger partial charge on any atom is -0.403 e. The number of carbonyl (C=O) groups is 1. The SMILES string of the molecule is O=C(Nc1nnc(-c2ccccc2)o1)c1ccc(SC(F)(F)F)s1. The van der Waals surface area contributed by atoms with Crippen molar-refractivity contribution in [2.45, 2.75) is 9.72 Å². The number of nitrogens with zero attached hydrogens (tertiary/aromatic N) is 2. The number of thiophene rings is 1. The van der Waals surface area contributed by atoms with E-state index >= 15 is 0 Å². The molecule has 24 heavy (non-hydrogen) atoms. The lowest BCUT2D eigenvalue weighted by atomic mass is 10.2. The van der Waals surface area contributed by atoms with Crippen LogP contribution in [0, 0.1) is 0 Å². The molecule has 124 valence electrons. The van der Waals surface area contributed by atoms with Gasteiger partial charge in [-0.2, -0.15) is 13.2 Å². The summed E-state index contributed by atoms with van der Waals surface area (Å²) in [6, 6.07) is 11.4. The number of hydrogen-bond acceptors (Lipinski definition) is 6. The standard InChI is InChI=1S/C14H8F3N3O2S2/c15-14(16,17)24-10-7-6-9(23-10)11(21)18-13-20-19-12(22-13)8-4-2-1-3-5-8/h1-7H,(H,18,20,21). The number of thioether (sulfide) groups is 1. The second kappa shape index (κ2) is 6.65. The van der Waals surface area contributed by atoms with Crippen molar-refractivity contribution in [2.24, 2.45) is 0 Å². The number of halogens is 3. The Labute approximate surface area is 141 Å². The second-order valence-electron chi connectivity index (χ2n) is 4.40. The first-order valence-corrected chi connectivity index (χ1v) is 8.10. The summed E-state index contributed by atoms with van der Waals surface area (Å²) in [5.41, 5.74) is -3.71. The highest BCUT2D eigenvalue weighted by atomic mass is 32.2. The zero-order valence-electron chi connectivity index (χ0n) is 11.7.